The Balaban J connectivity index is 1.24. The SMILES string of the molecule is Cn1cnc(CCN(Cc2ccc(-c3ccc(C(F)(F)F)cc3)cc2)C(=O)Cn2c(SCc3ccc(F)cc3)nc(=O)c3c2CCC3)c1. The van der Waals surface area contributed by atoms with Crippen LogP contribution in [0.3, 0.4) is 0 Å². The number of amides is 1. The van der Waals surface area contributed by atoms with Gasteiger partial charge in [-0.15, -0.1) is 0 Å². The van der Waals surface area contributed by atoms with Gasteiger partial charge in [0.05, 0.1) is 17.6 Å². The lowest BCUT2D eigenvalue weighted by Crippen LogP contribution is -2.36. The summed E-state index contributed by atoms with van der Waals surface area (Å²) < 4.78 is 56.3. The Bertz CT molecular complexity index is 1950. The highest BCUT2D eigenvalue weighted by Gasteiger charge is 2.30. The lowest BCUT2D eigenvalue weighted by atomic mass is 10.0. The van der Waals surface area contributed by atoms with Crippen molar-refractivity contribution in [2.24, 2.45) is 7.05 Å². The van der Waals surface area contributed by atoms with Gasteiger partial charge in [0.15, 0.2) is 5.16 Å². The number of imidazole rings is 1. The van der Waals surface area contributed by atoms with Gasteiger partial charge in [0, 0.05) is 49.8 Å². The van der Waals surface area contributed by atoms with Gasteiger partial charge in [0.25, 0.3) is 5.56 Å². The summed E-state index contributed by atoms with van der Waals surface area (Å²) in [5.74, 6) is -0.0307. The fourth-order valence-electron chi connectivity index (χ4n) is 5.84. The average Bonchev–Trinajstić information content (AvgIpc) is 3.74. The maximum Gasteiger partial charge on any atom is 0.416 e. The lowest BCUT2D eigenvalue weighted by Gasteiger charge is -2.25. The van der Waals surface area contributed by atoms with E-state index in [0.29, 0.717) is 54.4 Å². The molecule has 6 rings (SSSR count). The molecule has 0 fully saturated rings. The predicted molar refractivity (Wildman–Crippen MR) is 176 cm³/mol. The quantitative estimate of drug-likeness (QED) is 0.0870. The van der Waals surface area contributed by atoms with E-state index in [1.807, 2.05) is 46.6 Å². The minimum atomic E-state index is -4.40. The van der Waals surface area contributed by atoms with Crippen LogP contribution in [0.1, 0.15) is 40.1 Å². The standard InChI is InChI=1S/C36H33F4N5O2S/c1-43-20-30(41-23-43)17-18-44(19-24-5-9-26(10-6-24)27-11-13-28(14-12-27)36(38,39)40)33(46)21-45-32-4-2-3-31(32)34(47)42-35(45)48-22-25-7-15-29(37)16-8-25/h5-16,20,23H,2-4,17-19,21-22H2,1H3. The molecular formula is C36H33F4N5O2S. The summed E-state index contributed by atoms with van der Waals surface area (Å²) in [5, 5.41) is 0.448. The second-order valence-electron chi connectivity index (χ2n) is 11.8. The third-order valence-corrected chi connectivity index (χ3v) is 9.44. The fourth-order valence-corrected chi connectivity index (χ4v) is 6.80. The molecule has 0 saturated carbocycles. The molecule has 2 heterocycles. The van der Waals surface area contributed by atoms with Crippen LogP contribution in [0, 0.1) is 5.82 Å². The molecule has 0 atom stereocenters. The largest absolute Gasteiger partial charge is 0.416 e. The molecule has 2 aromatic heterocycles. The van der Waals surface area contributed by atoms with Crippen molar-refractivity contribution in [3.8, 4) is 11.1 Å². The molecule has 1 aliphatic carbocycles. The highest BCUT2D eigenvalue weighted by molar-refractivity contribution is 7.98. The van der Waals surface area contributed by atoms with Crippen LogP contribution in [0.25, 0.3) is 11.1 Å². The number of halogens is 4. The van der Waals surface area contributed by atoms with Gasteiger partial charge in [-0.1, -0.05) is 60.3 Å². The Morgan fingerprint density at radius 3 is 2.25 bits per heavy atom. The molecule has 0 radical (unpaired) electrons. The number of alkyl halides is 3. The van der Waals surface area contributed by atoms with E-state index in [1.54, 1.807) is 23.4 Å². The zero-order chi connectivity index (χ0) is 33.8. The summed E-state index contributed by atoms with van der Waals surface area (Å²) in [6.45, 7) is 0.685. The first-order chi connectivity index (χ1) is 23.0. The van der Waals surface area contributed by atoms with E-state index < -0.39 is 11.7 Å². The molecular weight excluding hydrogens is 642 g/mol. The maximum atomic E-state index is 14.1. The molecule has 5 aromatic rings. The van der Waals surface area contributed by atoms with Crippen molar-refractivity contribution in [3.05, 3.63) is 135 Å². The van der Waals surface area contributed by atoms with Crippen LogP contribution in [-0.2, 0) is 56.1 Å². The first-order valence-corrected chi connectivity index (χ1v) is 16.5. The van der Waals surface area contributed by atoms with E-state index >= 15 is 0 Å². The molecule has 0 bridgehead atoms. The van der Waals surface area contributed by atoms with Crippen LogP contribution in [0.15, 0.2) is 95.3 Å². The summed E-state index contributed by atoms with van der Waals surface area (Å²) in [4.78, 5) is 37.6. The van der Waals surface area contributed by atoms with Crippen LogP contribution in [0.2, 0.25) is 0 Å². The molecule has 1 aliphatic rings. The molecule has 48 heavy (non-hydrogen) atoms. The Morgan fingerprint density at radius 2 is 1.60 bits per heavy atom. The van der Waals surface area contributed by atoms with Gasteiger partial charge >= 0.3 is 6.18 Å². The number of thioether (sulfide) groups is 1. The monoisotopic (exact) mass is 675 g/mol. The number of carbonyl (C=O) groups excluding carboxylic acids is 1. The van der Waals surface area contributed by atoms with Crippen molar-refractivity contribution in [2.45, 2.75) is 55.9 Å². The maximum absolute atomic E-state index is 14.1. The number of carbonyl (C=O) groups is 1. The van der Waals surface area contributed by atoms with Crippen molar-refractivity contribution in [2.75, 3.05) is 6.54 Å². The van der Waals surface area contributed by atoms with Gasteiger partial charge in [-0.3, -0.25) is 9.59 Å². The Kier molecular flexibility index (Phi) is 9.81. The number of hydrogen-bond donors (Lipinski definition) is 0. The summed E-state index contributed by atoms with van der Waals surface area (Å²) >= 11 is 1.34. The van der Waals surface area contributed by atoms with Crippen LogP contribution in [0.4, 0.5) is 17.6 Å². The van der Waals surface area contributed by atoms with Crippen LogP contribution < -0.4 is 5.56 Å². The molecule has 248 valence electrons. The van der Waals surface area contributed by atoms with E-state index in [0.717, 1.165) is 46.6 Å². The third-order valence-electron chi connectivity index (χ3n) is 8.40. The van der Waals surface area contributed by atoms with Crippen LogP contribution >= 0.6 is 11.8 Å². The van der Waals surface area contributed by atoms with Gasteiger partial charge in [0.1, 0.15) is 12.4 Å². The highest BCUT2D eigenvalue weighted by atomic mass is 32.2. The molecule has 7 nitrogen and oxygen atoms in total. The molecule has 0 spiro atoms. The van der Waals surface area contributed by atoms with Crippen molar-refractivity contribution in [1.29, 1.82) is 0 Å². The van der Waals surface area contributed by atoms with E-state index in [-0.39, 0.29) is 23.8 Å². The predicted octanol–water partition coefficient (Wildman–Crippen LogP) is 6.85. The molecule has 0 aliphatic heterocycles. The Hall–Kier alpha value is -4.71. The fraction of sp³-hybridized carbons (Fsp3) is 0.278. The summed E-state index contributed by atoms with van der Waals surface area (Å²) in [5.41, 5.74) is 4.48. The zero-order valence-electron chi connectivity index (χ0n) is 26.2. The van der Waals surface area contributed by atoms with Gasteiger partial charge in [-0.25, -0.2) is 9.37 Å². The molecule has 0 unspecified atom stereocenters. The van der Waals surface area contributed by atoms with E-state index in [9.17, 15) is 27.2 Å². The van der Waals surface area contributed by atoms with Gasteiger partial charge < -0.3 is 14.0 Å². The third kappa shape index (κ3) is 7.87. The highest BCUT2D eigenvalue weighted by Crippen LogP contribution is 2.31. The van der Waals surface area contributed by atoms with E-state index in [2.05, 4.69) is 9.97 Å². The normalized spacial score (nSPS) is 12.7. The second-order valence-corrected chi connectivity index (χ2v) is 12.8. The van der Waals surface area contributed by atoms with Crippen LogP contribution in [-0.4, -0.2) is 36.5 Å². The first kappa shape index (κ1) is 33.2. The van der Waals surface area contributed by atoms with Gasteiger partial charge in [0.2, 0.25) is 5.91 Å². The average molecular weight is 676 g/mol. The number of rotatable bonds is 11. The number of aryl methyl sites for hydroxylation is 1. The van der Waals surface area contributed by atoms with Crippen molar-refractivity contribution < 1.29 is 22.4 Å². The second kappa shape index (κ2) is 14.2. The number of benzene rings is 3. The van der Waals surface area contributed by atoms with Crippen molar-refractivity contribution in [1.82, 2.24) is 24.0 Å². The van der Waals surface area contributed by atoms with Crippen molar-refractivity contribution in [3.63, 3.8) is 0 Å². The van der Waals surface area contributed by atoms with Gasteiger partial charge in [-0.05, 0) is 65.8 Å². The Labute approximate surface area is 279 Å². The lowest BCUT2D eigenvalue weighted by molar-refractivity contribution is -0.137. The zero-order valence-corrected chi connectivity index (χ0v) is 27.0. The van der Waals surface area contributed by atoms with Gasteiger partial charge in [-0.2, -0.15) is 18.2 Å². The van der Waals surface area contributed by atoms with E-state index in [1.165, 1.54) is 36.0 Å². The van der Waals surface area contributed by atoms with E-state index in [4.69, 9.17) is 0 Å². The minimum absolute atomic E-state index is 0.00673. The smallest absolute Gasteiger partial charge is 0.340 e. The minimum Gasteiger partial charge on any atom is -0.340 e. The summed E-state index contributed by atoms with van der Waals surface area (Å²) in [6, 6.07) is 18.6. The Morgan fingerprint density at radius 1 is 0.938 bits per heavy atom. The molecule has 12 heteroatoms. The topological polar surface area (TPSA) is 73.0 Å². The number of nitrogens with zero attached hydrogens (tertiary/aromatic N) is 5. The number of hydrogen-bond acceptors (Lipinski definition) is 5. The molecule has 1 amide bonds. The summed E-state index contributed by atoms with van der Waals surface area (Å²) in [7, 11) is 1.88. The molecule has 3 aromatic carbocycles. The number of aromatic nitrogens is 4. The molecule has 0 saturated heterocycles. The van der Waals surface area contributed by atoms with Crippen molar-refractivity contribution >= 4 is 17.7 Å². The first-order valence-electron chi connectivity index (χ1n) is 15.5. The number of fused-ring (bicyclic) bond motifs is 1. The molecule has 0 N–H and O–H groups in total. The summed E-state index contributed by atoms with van der Waals surface area (Å²) in [6.07, 6.45) is 1.84. The van der Waals surface area contributed by atoms with Crippen LogP contribution in [0.5, 0.6) is 0 Å².